The molecular weight excluding hydrogens is 388 g/mol. The first kappa shape index (κ1) is 19.2. The van der Waals surface area contributed by atoms with Crippen molar-refractivity contribution in [2.45, 2.75) is 12.8 Å². The van der Waals surface area contributed by atoms with Crippen molar-refractivity contribution in [1.29, 1.82) is 0 Å². The van der Waals surface area contributed by atoms with Crippen LogP contribution in [0, 0.1) is 0 Å². The average Bonchev–Trinajstić information content (AvgIpc) is 3.32. The molecule has 0 radical (unpaired) electrons. The smallest absolute Gasteiger partial charge is 0.254 e. The molecule has 0 aliphatic carbocycles. The molecule has 1 fully saturated rings. The van der Waals surface area contributed by atoms with Crippen LogP contribution in [0.5, 0.6) is 0 Å². The third-order valence-electron chi connectivity index (χ3n) is 5.77. The molecule has 5 rings (SSSR count). The number of amides is 1. The van der Waals surface area contributed by atoms with Crippen LogP contribution in [-0.4, -0.2) is 56.6 Å². The average molecular weight is 412 g/mol. The fourth-order valence-electron chi connectivity index (χ4n) is 4.11. The van der Waals surface area contributed by atoms with Crippen molar-refractivity contribution in [2.24, 2.45) is 0 Å². The van der Waals surface area contributed by atoms with Gasteiger partial charge in [-0.25, -0.2) is 4.98 Å². The van der Waals surface area contributed by atoms with Crippen molar-refractivity contribution in [3.05, 3.63) is 78.8 Å². The molecule has 7 nitrogen and oxygen atoms in total. The molecule has 0 saturated carbocycles. The van der Waals surface area contributed by atoms with Gasteiger partial charge >= 0.3 is 0 Å². The molecule has 2 aromatic carbocycles. The van der Waals surface area contributed by atoms with Gasteiger partial charge < -0.3 is 9.80 Å². The fourth-order valence-corrected chi connectivity index (χ4v) is 4.11. The molecular formula is C24H24N6O. The van der Waals surface area contributed by atoms with E-state index in [1.54, 1.807) is 4.52 Å². The molecule has 2 aromatic heterocycles. The molecule has 0 bridgehead atoms. The maximum Gasteiger partial charge on any atom is 0.254 e. The number of hydrogen-bond acceptors (Lipinski definition) is 5. The summed E-state index contributed by atoms with van der Waals surface area (Å²) in [6.45, 7) is 2.88. The Bertz CT molecular complexity index is 1170. The van der Waals surface area contributed by atoms with Gasteiger partial charge in [-0.1, -0.05) is 60.7 Å². The Balaban J connectivity index is 1.32. The summed E-state index contributed by atoms with van der Waals surface area (Å²) in [5, 5.41) is 4.42. The molecule has 0 unspecified atom stereocenters. The SMILES string of the molecule is O=C(CCc1ccccc1)N1CCN(c2c(-c3ccccc3)cnc3ncnn23)CC1. The zero-order chi connectivity index (χ0) is 21.0. The summed E-state index contributed by atoms with van der Waals surface area (Å²) in [7, 11) is 0. The van der Waals surface area contributed by atoms with E-state index >= 15 is 0 Å². The Kier molecular flexibility index (Phi) is 5.31. The first-order valence-electron chi connectivity index (χ1n) is 10.6. The van der Waals surface area contributed by atoms with Crippen LogP contribution >= 0.6 is 0 Å². The van der Waals surface area contributed by atoms with Crippen LogP contribution in [0.25, 0.3) is 16.9 Å². The second kappa shape index (κ2) is 8.55. The van der Waals surface area contributed by atoms with Gasteiger partial charge in [-0.15, -0.1) is 0 Å². The highest BCUT2D eigenvalue weighted by molar-refractivity contribution is 5.78. The monoisotopic (exact) mass is 412 g/mol. The van der Waals surface area contributed by atoms with Crippen molar-refractivity contribution in [3.63, 3.8) is 0 Å². The number of carbonyl (C=O) groups is 1. The molecule has 1 amide bonds. The highest BCUT2D eigenvalue weighted by Crippen LogP contribution is 2.30. The van der Waals surface area contributed by atoms with E-state index in [-0.39, 0.29) is 5.91 Å². The molecule has 7 heteroatoms. The van der Waals surface area contributed by atoms with Crippen LogP contribution < -0.4 is 4.90 Å². The molecule has 3 heterocycles. The maximum absolute atomic E-state index is 12.7. The molecule has 156 valence electrons. The topological polar surface area (TPSA) is 66.6 Å². The predicted octanol–water partition coefficient (Wildman–Crippen LogP) is 3.07. The van der Waals surface area contributed by atoms with Crippen molar-refractivity contribution < 1.29 is 4.79 Å². The number of nitrogens with zero attached hydrogens (tertiary/aromatic N) is 6. The molecule has 0 atom stereocenters. The number of hydrogen-bond donors (Lipinski definition) is 0. The predicted molar refractivity (Wildman–Crippen MR) is 120 cm³/mol. The van der Waals surface area contributed by atoms with Gasteiger partial charge in [0.1, 0.15) is 12.1 Å². The Hall–Kier alpha value is -3.74. The molecule has 31 heavy (non-hydrogen) atoms. The summed E-state index contributed by atoms with van der Waals surface area (Å²) in [4.78, 5) is 25.7. The standard InChI is InChI=1S/C24H24N6O/c31-22(12-11-19-7-3-1-4-8-19)28-13-15-29(16-14-28)23-21(20-9-5-2-6-10-20)17-25-24-26-18-27-30(23)24/h1-10,17-18H,11-16H2. The van der Waals surface area contributed by atoms with Gasteiger partial charge in [0.25, 0.3) is 5.78 Å². The van der Waals surface area contributed by atoms with Crippen LogP contribution in [0.1, 0.15) is 12.0 Å². The maximum atomic E-state index is 12.7. The molecule has 1 aliphatic heterocycles. The van der Waals surface area contributed by atoms with Gasteiger partial charge in [0.15, 0.2) is 0 Å². The third kappa shape index (κ3) is 3.99. The zero-order valence-corrected chi connectivity index (χ0v) is 17.3. The summed E-state index contributed by atoms with van der Waals surface area (Å²) in [5.41, 5.74) is 3.30. The Morgan fingerprint density at radius 1 is 0.871 bits per heavy atom. The number of benzene rings is 2. The number of carbonyl (C=O) groups excluding carboxylic acids is 1. The van der Waals surface area contributed by atoms with Crippen LogP contribution in [0.15, 0.2) is 73.2 Å². The van der Waals surface area contributed by atoms with E-state index in [4.69, 9.17) is 0 Å². The van der Waals surface area contributed by atoms with E-state index in [2.05, 4.69) is 44.2 Å². The molecule has 1 aliphatic rings. The van der Waals surface area contributed by atoms with Gasteiger partial charge in [0, 0.05) is 44.4 Å². The minimum Gasteiger partial charge on any atom is -0.352 e. The molecule has 0 N–H and O–H groups in total. The Morgan fingerprint density at radius 2 is 1.58 bits per heavy atom. The summed E-state index contributed by atoms with van der Waals surface area (Å²) in [6.07, 6.45) is 4.72. The number of anilines is 1. The van der Waals surface area contributed by atoms with Crippen LogP contribution in [-0.2, 0) is 11.2 Å². The van der Waals surface area contributed by atoms with Crippen LogP contribution in [0.2, 0.25) is 0 Å². The molecule has 0 spiro atoms. The quantitative estimate of drug-likeness (QED) is 0.504. The lowest BCUT2D eigenvalue weighted by Gasteiger charge is -2.36. The van der Waals surface area contributed by atoms with E-state index in [0.29, 0.717) is 25.3 Å². The second-order valence-electron chi connectivity index (χ2n) is 7.69. The van der Waals surface area contributed by atoms with Gasteiger partial charge in [-0.05, 0) is 17.5 Å². The molecule has 4 aromatic rings. The van der Waals surface area contributed by atoms with Crippen LogP contribution in [0.4, 0.5) is 5.82 Å². The van der Waals surface area contributed by atoms with Gasteiger partial charge in [-0.2, -0.15) is 14.6 Å². The van der Waals surface area contributed by atoms with E-state index in [0.717, 1.165) is 36.5 Å². The van der Waals surface area contributed by atoms with Gasteiger partial charge in [0.05, 0.1) is 0 Å². The van der Waals surface area contributed by atoms with Crippen molar-refractivity contribution in [3.8, 4) is 11.1 Å². The van der Waals surface area contributed by atoms with Crippen molar-refractivity contribution in [2.75, 3.05) is 31.1 Å². The minimum absolute atomic E-state index is 0.215. The van der Waals surface area contributed by atoms with Gasteiger partial charge in [0.2, 0.25) is 5.91 Å². The van der Waals surface area contributed by atoms with Crippen molar-refractivity contribution >= 4 is 17.5 Å². The zero-order valence-electron chi connectivity index (χ0n) is 17.3. The number of aromatic nitrogens is 4. The van der Waals surface area contributed by atoms with Gasteiger partial charge in [-0.3, -0.25) is 4.79 Å². The number of fused-ring (bicyclic) bond motifs is 1. The lowest BCUT2D eigenvalue weighted by Crippen LogP contribution is -2.49. The lowest BCUT2D eigenvalue weighted by atomic mass is 10.1. The highest BCUT2D eigenvalue weighted by atomic mass is 16.2. The summed E-state index contributed by atoms with van der Waals surface area (Å²) in [6, 6.07) is 20.4. The lowest BCUT2D eigenvalue weighted by molar-refractivity contribution is -0.131. The largest absolute Gasteiger partial charge is 0.352 e. The summed E-state index contributed by atoms with van der Waals surface area (Å²) in [5.74, 6) is 1.77. The second-order valence-corrected chi connectivity index (χ2v) is 7.69. The molecule has 1 saturated heterocycles. The first-order chi connectivity index (χ1) is 15.3. The van der Waals surface area contributed by atoms with E-state index in [9.17, 15) is 4.79 Å². The Morgan fingerprint density at radius 3 is 2.32 bits per heavy atom. The number of piperazine rings is 1. The van der Waals surface area contributed by atoms with Crippen molar-refractivity contribution in [1.82, 2.24) is 24.5 Å². The normalized spacial score (nSPS) is 14.2. The van der Waals surface area contributed by atoms with E-state index < -0.39 is 0 Å². The van der Waals surface area contributed by atoms with Crippen LogP contribution in [0.3, 0.4) is 0 Å². The number of rotatable bonds is 5. The fraction of sp³-hybridized carbons (Fsp3) is 0.250. The van der Waals surface area contributed by atoms with E-state index in [1.807, 2.05) is 47.5 Å². The highest BCUT2D eigenvalue weighted by Gasteiger charge is 2.25. The summed E-state index contributed by atoms with van der Waals surface area (Å²) >= 11 is 0. The third-order valence-corrected chi connectivity index (χ3v) is 5.77. The Labute approximate surface area is 181 Å². The first-order valence-corrected chi connectivity index (χ1v) is 10.6. The minimum atomic E-state index is 0.215. The number of aryl methyl sites for hydroxylation is 1. The summed E-state index contributed by atoms with van der Waals surface area (Å²) < 4.78 is 1.80. The van der Waals surface area contributed by atoms with E-state index in [1.165, 1.54) is 11.9 Å².